The molecule has 1 N–H and O–H groups in total. The van der Waals surface area contributed by atoms with Crippen molar-refractivity contribution in [3.8, 4) is 11.5 Å². The van der Waals surface area contributed by atoms with Gasteiger partial charge in [0.05, 0.1) is 24.8 Å². The van der Waals surface area contributed by atoms with Crippen molar-refractivity contribution in [3.63, 3.8) is 0 Å². The molecule has 0 aliphatic carbocycles. The number of carbonyl (C=O) groups is 2. The Balaban J connectivity index is 1.88. The molecule has 4 aromatic carbocycles. The van der Waals surface area contributed by atoms with Crippen molar-refractivity contribution < 1.29 is 27.5 Å². The van der Waals surface area contributed by atoms with Crippen LogP contribution in [0.15, 0.2) is 108 Å². The Morgan fingerprint density at radius 2 is 1.47 bits per heavy atom. The second kappa shape index (κ2) is 15.4. The largest absolute Gasteiger partial charge is 0.497 e. The van der Waals surface area contributed by atoms with Gasteiger partial charge in [-0.15, -0.1) is 0 Å². The van der Waals surface area contributed by atoms with Crippen molar-refractivity contribution in [2.24, 2.45) is 0 Å². The molecule has 0 aliphatic rings. The zero-order valence-corrected chi connectivity index (χ0v) is 28.7. The molecule has 0 fully saturated rings. The highest BCUT2D eigenvalue weighted by molar-refractivity contribution is 7.92. The van der Waals surface area contributed by atoms with Gasteiger partial charge in [0.1, 0.15) is 24.1 Å². The van der Waals surface area contributed by atoms with Crippen LogP contribution in [0.5, 0.6) is 11.5 Å². The summed E-state index contributed by atoms with van der Waals surface area (Å²) < 4.78 is 40.6. The van der Waals surface area contributed by atoms with E-state index in [0.717, 1.165) is 9.87 Å². The molecule has 0 bridgehead atoms. The Hall–Kier alpha value is -4.54. The van der Waals surface area contributed by atoms with Crippen LogP contribution in [0.1, 0.15) is 31.9 Å². The van der Waals surface area contributed by atoms with Crippen LogP contribution in [-0.4, -0.2) is 57.5 Å². The van der Waals surface area contributed by atoms with E-state index in [1.165, 1.54) is 37.3 Å². The summed E-state index contributed by atoms with van der Waals surface area (Å²) in [7, 11) is -1.46. The number of amides is 2. The lowest BCUT2D eigenvalue weighted by molar-refractivity contribution is -0.140. The molecule has 9 nitrogen and oxygen atoms in total. The summed E-state index contributed by atoms with van der Waals surface area (Å²) in [4.78, 5) is 30.1. The summed E-state index contributed by atoms with van der Waals surface area (Å²) in [6.45, 7) is 4.86. The fourth-order valence-corrected chi connectivity index (χ4v) is 6.67. The SMILES string of the molecule is COc1ccc(OC)c(N(CC(=O)N(Cc2ccccc2Cl)C(Cc2ccccc2)C(=O)NC(C)(C)C)S(=O)(=O)c2ccccc2)c1. The molecule has 0 aromatic heterocycles. The first-order chi connectivity index (χ1) is 22.3. The van der Waals surface area contributed by atoms with Gasteiger partial charge in [-0.05, 0) is 62.2 Å². The first-order valence-corrected chi connectivity index (χ1v) is 16.8. The Bertz CT molecular complexity index is 1780. The van der Waals surface area contributed by atoms with E-state index >= 15 is 0 Å². The first-order valence-electron chi connectivity index (χ1n) is 15.0. The number of carbonyl (C=O) groups excluding carboxylic acids is 2. The Morgan fingerprint density at radius 1 is 0.851 bits per heavy atom. The quantitative estimate of drug-likeness (QED) is 0.183. The molecular weight excluding hydrogens is 638 g/mol. The topological polar surface area (TPSA) is 105 Å². The molecule has 4 rings (SSSR count). The average Bonchev–Trinajstić information content (AvgIpc) is 3.05. The van der Waals surface area contributed by atoms with Gasteiger partial charge >= 0.3 is 0 Å². The zero-order chi connectivity index (χ0) is 34.2. The van der Waals surface area contributed by atoms with Crippen LogP contribution in [0.2, 0.25) is 5.02 Å². The molecule has 11 heteroatoms. The zero-order valence-electron chi connectivity index (χ0n) is 27.1. The lowest BCUT2D eigenvalue weighted by Gasteiger charge is -2.35. The van der Waals surface area contributed by atoms with Crippen LogP contribution in [-0.2, 0) is 32.6 Å². The predicted octanol–water partition coefficient (Wildman–Crippen LogP) is 6.11. The highest BCUT2D eigenvalue weighted by Gasteiger charge is 2.36. The number of nitrogens with one attached hydrogen (secondary N) is 1. The van der Waals surface area contributed by atoms with E-state index in [1.807, 2.05) is 51.1 Å². The summed E-state index contributed by atoms with van der Waals surface area (Å²) in [6.07, 6.45) is 0.173. The molecule has 4 aromatic rings. The van der Waals surface area contributed by atoms with Gasteiger partial charge in [0.25, 0.3) is 10.0 Å². The standard InChI is InChI=1S/C36H40ClN3O6S/c1-36(2,3)38-35(42)32(22-26-14-8-6-9-15-26)39(24-27-16-12-13-19-30(27)37)34(41)25-40(47(43,44)29-17-10-7-11-18-29)31-23-28(45-4)20-21-33(31)46-5/h6-21,23,32H,22,24-25H2,1-5H3,(H,38,42). The van der Waals surface area contributed by atoms with Gasteiger partial charge in [0.15, 0.2) is 0 Å². The second-order valence-corrected chi connectivity index (χ2v) is 14.2. The number of nitrogens with zero attached hydrogens (tertiary/aromatic N) is 2. The summed E-state index contributed by atoms with van der Waals surface area (Å²) in [5.74, 6) is -0.444. The predicted molar refractivity (Wildman–Crippen MR) is 184 cm³/mol. The van der Waals surface area contributed by atoms with Crippen molar-refractivity contribution >= 4 is 39.1 Å². The minimum absolute atomic E-state index is 0.0263. The van der Waals surface area contributed by atoms with E-state index < -0.39 is 40.0 Å². The smallest absolute Gasteiger partial charge is 0.264 e. The molecule has 1 unspecified atom stereocenters. The molecule has 0 spiro atoms. The molecule has 1 atom stereocenters. The van der Waals surface area contributed by atoms with Crippen molar-refractivity contribution in [1.29, 1.82) is 0 Å². The van der Waals surface area contributed by atoms with E-state index in [2.05, 4.69) is 5.32 Å². The number of hydrogen-bond donors (Lipinski definition) is 1. The van der Waals surface area contributed by atoms with Gasteiger partial charge in [0, 0.05) is 29.6 Å². The number of methoxy groups -OCH3 is 2. The third-order valence-electron chi connectivity index (χ3n) is 7.33. The van der Waals surface area contributed by atoms with Crippen molar-refractivity contribution in [2.75, 3.05) is 25.1 Å². The van der Waals surface area contributed by atoms with Crippen LogP contribution in [0.3, 0.4) is 0 Å². The van der Waals surface area contributed by atoms with Gasteiger partial charge in [-0.3, -0.25) is 13.9 Å². The van der Waals surface area contributed by atoms with Crippen molar-refractivity contribution in [2.45, 2.75) is 50.2 Å². The monoisotopic (exact) mass is 677 g/mol. The van der Waals surface area contributed by atoms with E-state index in [1.54, 1.807) is 54.6 Å². The van der Waals surface area contributed by atoms with E-state index in [-0.39, 0.29) is 29.3 Å². The number of hydrogen-bond acceptors (Lipinski definition) is 6. The lowest BCUT2D eigenvalue weighted by atomic mass is 10.0. The fourth-order valence-electron chi connectivity index (χ4n) is 5.04. The van der Waals surface area contributed by atoms with Gasteiger partial charge < -0.3 is 19.7 Å². The summed E-state index contributed by atoms with van der Waals surface area (Å²) in [6, 6.07) is 27.9. The molecular formula is C36H40ClN3O6S. The number of anilines is 1. The molecule has 0 saturated heterocycles. The molecule has 0 saturated carbocycles. The molecule has 2 amide bonds. The van der Waals surface area contributed by atoms with E-state index in [4.69, 9.17) is 21.1 Å². The fraction of sp³-hybridized carbons (Fsp3) is 0.278. The van der Waals surface area contributed by atoms with Gasteiger partial charge in [-0.25, -0.2) is 8.42 Å². The van der Waals surface area contributed by atoms with Gasteiger partial charge in [0.2, 0.25) is 11.8 Å². The van der Waals surface area contributed by atoms with Gasteiger partial charge in [-0.2, -0.15) is 0 Å². The maximum absolute atomic E-state index is 14.7. The Morgan fingerprint density at radius 3 is 2.06 bits per heavy atom. The second-order valence-electron chi connectivity index (χ2n) is 11.9. The molecule has 0 radical (unpaired) electrons. The number of rotatable bonds is 13. The minimum Gasteiger partial charge on any atom is -0.497 e. The highest BCUT2D eigenvalue weighted by atomic mass is 35.5. The average molecular weight is 678 g/mol. The Labute approximate surface area is 282 Å². The van der Waals surface area contributed by atoms with Crippen LogP contribution in [0, 0.1) is 0 Å². The Kier molecular flexibility index (Phi) is 11.5. The van der Waals surface area contributed by atoms with Gasteiger partial charge in [-0.1, -0.05) is 78.3 Å². The number of halogens is 1. The molecule has 248 valence electrons. The maximum atomic E-state index is 14.7. The summed E-state index contributed by atoms with van der Waals surface area (Å²) in [5.41, 5.74) is 0.907. The van der Waals surface area contributed by atoms with Crippen LogP contribution in [0.4, 0.5) is 5.69 Å². The van der Waals surface area contributed by atoms with E-state index in [0.29, 0.717) is 16.3 Å². The molecule has 47 heavy (non-hydrogen) atoms. The molecule has 0 heterocycles. The van der Waals surface area contributed by atoms with Crippen LogP contribution in [0.25, 0.3) is 0 Å². The van der Waals surface area contributed by atoms with Crippen LogP contribution < -0.4 is 19.1 Å². The third kappa shape index (κ3) is 9.05. The van der Waals surface area contributed by atoms with Crippen LogP contribution >= 0.6 is 11.6 Å². The maximum Gasteiger partial charge on any atom is 0.264 e. The third-order valence-corrected chi connectivity index (χ3v) is 9.48. The van der Waals surface area contributed by atoms with Crippen molar-refractivity contribution in [1.82, 2.24) is 10.2 Å². The van der Waals surface area contributed by atoms with E-state index in [9.17, 15) is 18.0 Å². The lowest BCUT2D eigenvalue weighted by Crippen LogP contribution is -2.56. The summed E-state index contributed by atoms with van der Waals surface area (Å²) >= 11 is 6.58. The normalized spacial score (nSPS) is 12.1. The number of ether oxygens (including phenoxy) is 2. The highest BCUT2D eigenvalue weighted by Crippen LogP contribution is 2.36. The minimum atomic E-state index is -4.33. The number of benzene rings is 4. The number of sulfonamides is 1. The first kappa shape index (κ1) is 35.3. The summed E-state index contributed by atoms with van der Waals surface area (Å²) in [5, 5.41) is 3.42. The molecule has 0 aliphatic heterocycles. The van der Waals surface area contributed by atoms with Crippen molar-refractivity contribution in [3.05, 3.63) is 119 Å².